The van der Waals surface area contributed by atoms with Crippen LogP contribution in [-0.4, -0.2) is 41.5 Å². The first-order valence-electron chi connectivity index (χ1n) is 7.71. The molecule has 118 valence electrons. The van der Waals surface area contributed by atoms with Gasteiger partial charge < -0.3 is 10.3 Å². The third-order valence-corrected chi connectivity index (χ3v) is 4.42. The lowest BCUT2D eigenvalue weighted by atomic mass is 9.98. The summed E-state index contributed by atoms with van der Waals surface area (Å²) in [6, 6.07) is 5.23. The fourth-order valence-electron chi connectivity index (χ4n) is 3.20. The van der Waals surface area contributed by atoms with E-state index in [1.54, 1.807) is 18.2 Å². The molecule has 3 rings (SSSR count). The SMILES string of the molecule is CNCC1CCCN(Cc2nc3ccc(Cl)cc3c(=O)[nH]2)C1. The molecule has 0 aliphatic carbocycles. The van der Waals surface area contributed by atoms with E-state index >= 15 is 0 Å². The van der Waals surface area contributed by atoms with Gasteiger partial charge in [0, 0.05) is 11.6 Å². The number of piperidine rings is 1. The lowest BCUT2D eigenvalue weighted by molar-refractivity contribution is 0.163. The Morgan fingerprint density at radius 1 is 1.50 bits per heavy atom. The van der Waals surface area contributed by atoms with Crippen molar-refractivity contribution in [1.29, 1.82) is 0 Å². The predicted octanol–water partition coefficient (Wildman–Crippen LogP) is 2.01. The van der Waals surface area contributed by atoms with Gasteiger partial charge in [-0.2, -0.15) is 0 Å². The highest BCUT2D eigenvalue weighted by Crippen LogP contribution is 2.18. The van der Waals surface area contributed by atoms with E-state index < -0.39 is 0 Å². The number of aromatic nitrogens is 2. The van der Waals surface area contributed by atoms with Crippen LogP contribution in [0.5, 0.6) is 0 Å². The van der Waals surface area contributed by atoms with Crippen LogP contribution in [0.3, 0.4) is 0 Å². The monoisotopic (exact) mass is 320 g/mol. The van der Waals surface area contributed by atoms with E-state index in [9.17, 15) is 4.79 Å². The molecule has 1 aromatic carbocycles. The maximum Gasteiger partial charge on any atom is 0.258 e. The number of fused-ring (bicyclic) bond motifs is 1. The summed E-state index contributed by atoms with van der Waals surface area (Å²) in [6.45, 7) is 3.83. The molecule has 1 aromatic heterocycles. The molecule has 0 spiro atoms. The zero-order chi connectivity index (χ0) is 15.5. The first-order valence-corrected chi connectivity index (χ1v) is 8.09. The van der Waals surface area contributed by atoms with Gasteiger partial charge in [0.25, 0.3) is 5.56 Å². The average molecular weight is 321 g/mol. The summed E-state index contributed by atoms with van der Waals surface area (Å²) < 4.78 is 0. The van der Waals surface area contributed by atoms with Crippen LogP contribution >= 0.6 is 11.6 Å². The van der Waals surface area contributed by atoms with Gasteiger partial charge in [-0.25, -0.2) is 4.98 Å². The smallest absolute Gasteiger partial charge is 0.258 e. The number of rotatable bonds is 4. The summed E-state index contributed by atoms with van der Waals surface area (Å²) in [5.74, 6) is 1.40. The minimum absolute atomic E-state index is 0.119. The molecule has 2 heterocycles. The van der Waals surface area contributed by atoms with E-state index in [1.807, 2.05) is 7.05 Å². The standard InChI is InChI=1S/C16H21ClN4O/c1-18-8-11-3-2-6-21(9-11)10-15-19-14-5-4-12(17)7-13(14)16(22)20-15/h4-5,7,11,18H,2-3,6,8-10H2,1H3,(H,19,20,22). The highest BCUT2D eigenvalue weighted by atomic mass is 35.5. The second kappa shape index (κ2) is 6.77. The molecule has 1 aliphatic heterocycles. The normalized spacial score (nSPS) is 19.6. The third-order valence-electron chi connectivity index (χ3n) is 4.19. The van der Waals surface area contributed by atoms with Gasteiger partial charge in [0.2, 0.25) is 0 Å². The predicted molar refractivity (Wildman–Crippen MR) is 89.3 cm³/mol. The number of benzene rings is 1. The quantitative estimate of drug-likeness (QED) is 0.904. The summed E-state index contributed by atoms with van der Waals surface area (Å²) in [7, 11) is 1.99. The number of H-pyrrole nitrogens is 1. The molecule has 1 aliphatic rings. The maximum absolute atomic E-state index is 12.2. The van der Waals surface area contributed by atoms with Crippen molar-refractivity contribution in [1.82, 2.24) is 20.2 Å². The summed E-state index contributed by atoms with van der Waals surface area (Å²) in [4.78, 5) is 22.0. The van der Waals surface area contributed by atoms with E-state index in [1.165, 1.54) is 12.8 Å². The lowest BCUT2D eigenvalue weighted by Crippen LogP contribution is -2.39. The number of likely N-dealkylation sites (tertiary alicyclic amines) is 1. The van der Waals surface area contributed by atoms with Crippen LogP contribution in [-0.2, 0) is 6.54 Å². The van der Waals surface area contributed by atoms with Crippen molar-refractivity contribution in [3.8, 4) is 0 Å². The summed E-state index contributed by atoms with van der Waals surface area (Å²) in [6.07, 6.45) is 2.46. The molecule has 0 saturated carbocycles. The molecule has 1 atom stereocenters. The highest BCUT2D eigenvalue weighted by Gasteiger charge is 2.20. The Balaban J connectivity index is 1.79. The van der Waals surface area contributed by atoms with Crippen molar-refractivity contribution in [2.75, 3.05) is 26.7 Å². The van der Waals surface area contributed by atoms with Crippen LogP contribution in [0, 0.1) is 5.92 Å². The Labute approximate surface area is 134 Å². The van der Waals surface area contributed by atoms with Crippen LogP contribution in [0.2, 0.25) is 5.02 Å². The Kier molecular flexibility index (Phi) is 4.76. The number of hydrogen-bond acceptors (Lipinski definition) is 4. The minimum atomic E-state index is -0.119. The lowest BCUT2D eigenvalue weighted by Gasteiger charge is -2.32. The molecule has 2 aromatic rings. The van der Waals surface area contributed by atoms with Crippen LogP contribution in [0.15, 0.2) is 23.0 Å². The Bertz CT molecular complexity index is 713. The number of aromatic amines is 1. The molecular formula is C16H21ClN4O. The summed E-state index contributed by atoms with van der Waals surface area (Å²) >= 11 is 5.94. The number of hydrogen-bond donors (Lipinski definition) is 2. The Morgan fingerprint density at radius 3 is 3.18 bits per heavy atom. The second-order valence-corrected chi connectivity index (χ2v) is 6.41. The van der Waals surface area contributed by atoms with Crippen molar-refractivity contribution in [3.63, 3.8) is 0 Å². The zero-order valence-electron chi connectivity index (χ0n) is 12.7. The molecule has 6 heteroatoms. The van der Waals surface area contributed by atoms with Crippen molar-refractivity contribution >= 4 is 22.5 Å². The molecule has 0 radical (unpaired) electrons. The minimum Gasteiger partial charge on any atom is -0.319 e. The largest absolute Gasteiger partial charge is 0.319 e. The molecule has 2 N–H and O–H groups in total. The number of nitrogens with zero attached hydrogens (tertiary/aromatic N) is 2. The first kappa shape index (κ1) is 15.5. The molecule has 1 saturated heterocycles. The van der Waals surface area contributed by atoms with Gasteiger partial charge in [0.15, 0.2) is 0 Å². The van der Waals surface area contributed by atoms with E-state index in [0.29, 0.717) is 28.4 Å². The fourth-order valence-corrected chi connectivity index (χ4v) is 3.37. The van der Waals surface area contributed by atoms with Gasteiger partial charge in [-0.3, -0.25) is 9.69 Å². The first-order chi connectivity index (χ1) is 10.7. The van der Waals surface area contributed by atoms with Crippen molar-refractivity contribution < 1.29 is 0 Å². The van der Waals surface area contributed by atoms with Crippen molar-refractivity contribution in [2.45, 2.75) is 19.4 Å². The molecule has 1 fully saturated rings. The van der Waals surface area contributed by atoms with Gasteiger partial charge in [-0.05, 0) is 57.1 Å². The van der Waals surface area contributed by atoms with Crippen LogP contribution in [0.4, 0.5) is 0 Å². The Morgan fingerprint density at radius 2 is 2.36 bits per heavy atom. The van der Waals surface area contributed by atoms with Gasteiger partial charge in [-0.1, -0.05) is 11.6 Å². The molecule has 22 heavy (non-hydrogen) atoms. The molecule has 5 nitrogen and oxygen atoms in total. The maximum atomic E-state index is 12.2. The molecular weight excluding hydrogens is 300 g/mol. The number of halogens is 1. The van der Waals surface area contributed by atoms with Crippen molar-refractivity contribution in [2.24, 2.45) is 5.92 Å². The van der Waals surface area contributed by atoms with Crippen LogP contribution in [0.1, 0.15) is 18.7 Å². The Hall–Kier alpha value is -1.43. The second-order valence-electron chi connectivity index (χ2n) is 5.98. The van der Waals surface area contributed by atoms with E-state index in [4.69, 9.17) is 11.6 Å². The zero-order valence-corrected chi connectivity index (χ0v) is 13.5. The average Bonchev–Trinajstić information content (AvgIpc) is 2.49. The van der Waals surface area contributed by atoms with E-state index in [2.05, 4.69) is 20.2 Å². The summed E-state index contributed by atoms with van der Waals surface area (Å²) in [5.41, 5.74) is 0.582. The van der Waals surface area contributed by atoms with E-state index in [-0.39, 0.29) is 5.56 Å². The topological polar surface area (TPSA) is 61.0 Å². The van der Waals surface area contributed by atoms with Gasteiger partial charge >= 0.3 is 0 Å². The summed E-state index contributed by atoms with van der Waals surface area (Å²) in [5, 5.41) is 4.35. The molecule has 1 unspecified atom stereocenters. The third kappa shape index (κ3) is 3.48. The molecule has 0 amide bonds. The van der Waals surface area contributed by atoms with Crippen molar-refractivity contribution in [3.05, 3.63) is 39.4 Å². The van der Waals surface area contributed by atoms with Gasteiger partial charge in [-0.15, -0.1) is 0 Å². The van der Waals surface area contributed by atoms with Gasteiger partial charge in [0.05, 0.1) is 17.4 Å². The fraction of sp³-hybridized carbons (Fsp3) is 0.500. The number of nitrogens with one attached hydrogen (secondary N) is 2. The molecule has 0 bridgehead atoms. The highest BCUT2D eigenvalue weighted by molar-refractivity contribution is 6.31. The van der Waals surface area contributed by atoms with Crippen LogP contribution < -0.4 is 10.9 Å². The van der Waals surface area contributed by atoms with E-state index in [0.717, 1.165) is 25.5 Å². The van der Waals surface area contributed by atoms with Crippen LogP contribution in [0.25, 0.3) is 10.9 Å². The van der Waals surface area contributed by atoms with Gasteiger partial charge in [0.1, 0.15) is 5.82 Å².